The molecule has 3 aliphatic rings. The van der Waals surface area contributed by atoms with Gasteiger partial charge >= 0.3 is 0 Å². The molecule has 176 valence electrons. The molecule has 1 saturated carbocycles. The predicted molar refractivity (Wildman–Crippen MR) is 133 cm³/mol. The number of hydrogen-bond donors (Lipinski definition) is 0. The minimum Gasteiger partial charge on any atom is -0.330 e. The van der Waals surface area contributed by atoms with Gasteiger partial charge in [-0.3, -0.25) is 4.90 Å². The summed E-state index contributed by atoms with van der Waals surface area (Å²) in [4.78, 5) is 13.3. The van der Waals surface area contributed by atoms with Crippen LogP contribution in [-0.4, -0.2) is 76.1 Å². The van der Waals surface area contributed by atoms with Crippen molar-refractivity contribution in [3.63, 3.8) is 0 Å². The standard InChI is InChI=1S/C27H43N5/c1-29-26-14-6-5-13-25(26)28-27(29)22-31(19-18-30-15-7-2-8-16-30)20-23-10-9-17-32(21-23)24-11-3-4-12-24/h5-6,13-14,23-24H,2-4,7-12,15-22H2,1H3. The van der Waals surface area contributed by atoms with E-state index in [1.807, 2.05) is 0 Å². The first-order valence-corrected chi connectivity index (χ1v) is 13.4. The molecule has 5 heteroatoms. The largest absolute Gasteiger partial charge is 0.330 e. The van der Waals surface area contributed by atoms with E-state index in [9.17, 15) is 0 Å². The fourth-order valence-corrected chi connectivity index (χ4v) is 6.45. The molecule has 3 fully saturated rings. The number of nitrogens with zero attached hydrogens (tertiary/aromatic N) is 5. The van der Waals surface area contributed by atoms with Crippen LogP contribution >= 0.6 is 0 Å². The van der Waals surface area contributed by atoms with E-state index in [1.54, 1.807) is 0 Å². The van der Waals surface area contributed by atoms with Gasteiger partial charge in [-0.1, -0.05) is 31.4 Å². The van der Waals surface area contributed by atoms with Crippen molar-refractivity contribution in [2.45, 2.75) is 70.4 Å². The topological polar surface area (TPSA) is 27.5 Å². The van der Waals surface area contributed by atoms with Crippen LogP contribution in [0.5, 0.6) is 0 Å². The lowest BCUT2D eigenvalue weighted by atomic mass is 9.95. The molecule has 32 heavy (non-hydrogen) atoms. The van der Waals surface area contributed by atoms with E-state index in [2.05, 4.69) is 50.6 Å². The van der Waals surface area contributed by atoms with Gasteiger partial charge in [-0.2, -0.15) is 0 Å². The van der Waals surface area contributed by atoms with E-state index in [0.29, 0.717) is 0 Å². The number of benzene rings is 1. The number of aryl methyl sites for hydroxylation is 1. The van der Waals surface area contributed by atoms with Crippen molar-refractivity contribution in [1.82, 2.24) is 24.3 Å². The van der Waals surface area contributed by atoms with Crippen LogP contribution in [0.4, 0.5) is 0 Å². The molecular weight excluding hydrogens is 394 g/mol. The average molecular weight is 438 g/mol. The van der Waals surface area contributed by atoms with Crippen molar-refractivity contribution < 1.29 is 0 Å². The highest BCUT2D eigenvalue weighted by molar-refractivity contribution is 5.75. The molecule has 1 aliphatic carbocycles. The van der Waals surface area contributed by atoms with E-state index in [-0.39, 0.29) is 0 Å². The monoisotopic (exact) mass is 437 g/mol. The van der Waals surface area contributed by atoms with Crippen LogP contribution in [0.15, 0.2) is 24.3 Å². The van der Waals surface area contributed by atoms with Crippen molar-refractivity contribution in [2.24, 2.45) is 13.0 Å². The zero-order chi connectivity index (χ0) is 21.8. The number of fused-ring (bicyclic) bond motifs is 1. The molecule has 0 bridgehead atoms. The molecule has 1 atom stereocenters. The number of aromatic nitrogens is 2. The van der Waals surface area contributed by atoms with Crippen molar-refractivity contribution in [2.75, 3.05) is 45.8 Å². The highest BCUT2D eigenvalue weighted by Crippen LogP contribution is 2.28. The Morgan fingerprint density at radius 2 is 1.75 bits per heavy atom. The van der Waals surface area contributed by atoms with Crippen molar-refractivity contribution in [3.05, 3.63) is 30.1 Å². The Hall–Kier alpha value is -1.43. The molecular formula is C27H43N5. The zero-order valence-electron chi connectivity index (χ0n) is 20.2. The highest BCUT2D eigenvalue weighted by atomic mass is 15.2. The van der Waals surface area contributed by atoms with Gasteiger partial charge in [0.25, 0.3) is 0 Å². The predicted octanol–water partition coefficient (Wildman–Crippen LogP) is 4.52. The van der Waals surface area contributed by atoms with Gasteiger partial charge in [-0.25, -0.2) is 4.98 Å². The van der Waals surface area contributed by atoms with Gasteiger partial charge < -0.3 is 14.4 Å². The molecule has 1 unspecified atom stereocenters. The summed E-state index contributed by atoms with van der Waals surface area (Å²) in [6.07, 6.45) is 12.7. The Balaban J connectivity index is 1.26. The van der Waals surface area contributed by atoms with E-state index in [4.69, 9.17) is 4.98 Å². The Morgan fingerprint density at radius 3 is 2.56 bits per heavy atom. The summed E-state index contributed by atoms with van der Waals surface area (Å²) < 4.78 is 2.31. The number of rotatable bonds is 8. The van der Waals surface area contributed by atoms with E-state index in [0.717, 1.165) is 24.0 Å². The second-order valence-corrected chi connectivity index (χ2v) is 10.7. The van der Waals surface area contributed by atoms with Gasteiger partial charge in [0, 0.05) is 39.3 Å². The molecule has 2 aliphatic heterocycles. The first-order chi connectivity index (χ1) is 15.8. The molecule has 0 N–H and O–H groups in total. The molecule has 1 aromatic carbocycles. The fraction of sp³-hybridized carbons (Fsp3) is 0.741. The minimum absolute atomic E-state index is 0.806. The quantitative estimate of drug-likeness (QED) is 0.607. The molecule has 5 nitrogen and oxygen atoms in total. The molecule has 3 heterocycles. The van der Waals surface area contributed by atoms with Crippen LogP contribution in [-0.2, 0) is 13.6 Å². The van der Waals surface area contributed by atoms with Gasteiger partial charge in [-0.05, 0) is 76.2 Å². The molecule has 1 aromatic heterocycles. The van der Waals surface area contributed by atoms with Crippen LogP contribution in [0.1, 0.15) is 63.6 Å². The fourth-order valence-electron chi connectivity index (χ4n) is 6.45. The highest BCUT2D eigenvalue weighted by Gasteiger charge is 2.29. The van der Waals surface area contributed by atoms with Gasteiger partial charge in [0.2, 0.25) is 0 Å². The third-order valence-corrected chi connectivity index (χ3v) is 8.33. The lowest BCUT2D eigenvalue weighted by molar-refractivity contribution is 0.0901. The maximum absolute atomic E-state index is 5.02. The van der Waals surface area contributed by atoms with Crippen LogP contribution < -0.4 is 0 Å². The maximum Gasteiger partial charge on any atom is 0.123 e. The third-order valence-electron chi connectivity index (χ3n) is 8.33. The smallest absolute Gasteiger partial charge is 0.123 e. The van der Waals surface area contributed by atoms with Gasteiger partial charge in [-0.15, -0.1) is 0 Å². The summed E-state index contributed by atoms with van der Waals surface area (Å²) in [5, 5.41) is 0. The number of piperidine rings is 2. The Labute approximate surface area is 194 Å². The van der Waals surface area contributed by atoms with Crippen molar-refractivity contribution >= 4 is 11.0 Å². The Kier molecular flexibility index (Phi) is 7.46. The summed E-state index contributed by atoms with van der Waals surface area (Å²) in [6.45, 7) is 9.80. The van der Waals surface area contributed by atoms with E-state index >= 15 is 0 Å². The summed E-state index contributed by atoms with van der Waals surface area (Å²) in [5.74, 6) is 2.02. The molecule has 0 radical (unpaired) electrons. The first-order valence-electron chi connectivity index (χ1n) is 13.4. The Bertz CT molecular complexity index is 849. The van der Waals surface area contributed by atoms with Crippen LogP contribution in [0.25, 0.3) is 11.0 Å². The summed E-state index contributed by atoms with van der Waals surface area (Å²) >= 11 is 0. The lowest BCUT2D eigenvalue weighted by Gasteiger charge is -2.39. The normalized spacial score (nSPS) is 24.1. The number of likely N-dealkylation sites (tertiary alicyclic amines) is 2. The summed E-state index contributed by atoms with van der Waals surface area (Å²) in [6, 6.07) is 9.45. The van der Waals surface area contributed by atoms with Gasteiger partial charge in [0.15, 0.2) is 0 Å². The van der Waals surface area contributed by atoms with Crippen molar-refractivity contribution in [3.8, 4) is 0 Å². The second kappa shape index (κ2) is 10.7. The number of para-hydroxylation sites is 2. The van der Waals surface area contributed by atoms with Crippen LogP contribution in [0.3, 0.4) is 0 Å². The first kappa shape index (κ1) is 22.4. The van der Waals surface area contributed by atoms with E-state index < -0.39 is 0 Å². The summed E-state index contributed by atoms with van der Waals surface area (Å²) in [5.41, 5.74) is 2.38. The molecule has 0 amide bonds. The SMILES string of the molecule is Cn1c(CN(CCN2CCCCC2)CC2CCCN(C3CCCC3)C2)nc2ccccc21. The Morgan fingerprint density at radius 1 is 0.938 bits per heavy atom. The third kappa shape index (κ3) is 5.37. The number of hydrogen-bond acceptors (Lipinski definition) is 4. The van der Waals surface area contributed by atoms with Crippen molar-refractivity contribution in [1.29, 1.82) is 0 Å². The van der Waals surface area contributed by atoms with Gasteiger partial charge in [0.05, 0.1) is 17.6 Å². The number of imidazole rings is 1. The molecule has 2 aromatic rings. The summed E-state index contributed by atoms with van der Waals surface area (Å²) in [7, 11) is 2.19. The molecule has 5 rings (SSSR count). The maximum atomic E-state index is 5.02. The lowest BCUT2D eigenvalue weighted by Crippen LogP contribution is -2.46. The van der Waals surface area contributed by atoms with Crippen LogP contribution in [0, 0.1) is 5.92 Å². The van der Waals surface area contributed by atoms with E-state index in [1.165, 1.54) is 115 Å². The minimum atomic E-state index is 0.806. The molecule has 2 saturated heterocycles. The zero-order valence-corrected chi connectivity index (χ0v) is 20.2. The van der Waals surface area contributed by atoms with Gasteiger partial charge in [0.1, 0.15) is 5.82 Å². The molecule has 0 spiro atoms. The average Bonchev–Trinajstić information content (AvgIpc) is 3.48. The second-order valence-electron chi connectivity index (χ2n) is 10.7. The van der Waals surface area contributed by atoms with Crippen LogP contribution in [0.2, 0.25) is 0 Å².